The molecule has 9 heteroatoms. The van der Waals surface area contributed by atoms with Gasteiger partial charge in [-0.15, -0.1) is 10.2 Å². The Hall–Kier alpha value is -3.94. The summed E-state index contributed by atoms with van der Waals surface area (Å²) >= 11 is 12.7. The Balaban J connectivity index is 1.75. The van der Waals surface area contributed by atoms with Crippen LogP contribution in [0.5, 0.6) is 0 Å². The fourth-order valence-corrected chi connectivity index (χ4v) is 4.20. The molecule has 1 N–H and O–H groups in total. The zero-order valence-electron chi connectivity index (χ0n) is 18.5. The molecule has 0 saturated heterocycles. The number of hydrogen-bond acceptors (Lipinski definition) is 5. The van der Waals surface area contributed by atoms with Crippen molar-refractivity contribution in [1.29, 1.82) is 0 Å². The number of amides is 1. The van der Waals surface area contributed by atoms with Crippen LogP contribution in [0.3, 0.4) is 0 Å². The van der Waals surface area contributed by atoms with Gasteiger partial charge in [-0.1, -0.05) is 83.9 Å². The van der Waals surface area contributed by atoms with Crippen LogP contribution < -0.4 is 5.32 Å². The molecule has 0 aliphatic carbocycles. The third kappa shape index (κ3) is 4.56. The van der Waals surface area contributed by atoms with Crippen molar-refractivity contribution in [1.82, 2.24) is 25.1 Å². The second-order valence-electron chi connectivity index (χ2n) is 7.70. The summed E-state index contributed by atoms with van der Waals surface area (Å²) in [4.78, 5) is 12.2. The second kappa shape index (κ2) is 9.74. The van der Waals surface area contributed by atoms with E-state index in [0.717, 1.165) is 22.3 Å². The monoisotopic (exact) mass is 503 g/mol. The van der Waals surface area contributed by atoms with Gasteiger partial charge >= 0.3 is 6.09 Å². The van der Waals surface area contributed by atoms with Gasteiger partial charge in [0.15, 0.2) is 11.5 Å². The molecule has 5 rings (SSSR count). The molecule has 0 fully saturated rings. The van der Waals surface area contributed by atoms with Crippen LogP contribution in [0, 0.1) is 0 Å². The summed E-state index contributed by atoms with van der Waals surface area (Å²) in [6.07, 6.45) is -0.597. The summed E-state index contributed by atoms with van der Waals surface area (Å²) in [7, 11) is 1.31. The number of carbonyl (C=O) groups is 1. The number of nitrogens with one attached hydrogen (secondary N) is 1. The highest BCUT2D eigenvalue weighted by atomic mass is 35.5. The van der Waals surface area contributed by atoms with Gasteiger partial charge < -0.3 is 10.1 Å². The molecule has 3 aromatic carbocycles. The fraction of sp³-hybridized carbons (Fsp3) is 0.0769. The van der Waals surface area contributed by atoms with Crippen molar-refractivity contribution in [3.05, 3.63) is 106 Å². The molecule has 174 valence electrons. The quantitative estimate of drug-likeness (QED) is 0.308. The number of rotatable bonds is 5. The third-order valence-corrected chi connectivity index (χ3v) is 6.12. The van der Waals surface area contributed by atoms with E-state index < -0.39 is 12.1 Å². The minimum absolute atomic E-state index is 0.424. The molecule has 35 heavy (non-hydrogen) atoms. The number of hydrogen-bond donors (Lipinski definition) is 1. The SMILES string of the molecule is COC(=O)NC(c1ccccc1)c1nnc2cc(-c3ccc(Cl)cc3)c(-c3ccccc3Cl)nn12. The van der Waals surface area contributed by atoms with Crippen molar-refractivity contribution in [3.63, 3.8) is 0 Å². The van der Waals surface area contributed by atoms with Gasteiger partial charge in [0, 0.05) is 16.1 Å². The molecule has 0 bridgehead atoms. The first-order valence-electron chi connectivity index (χ1n) is 10.7. The Labute approximate surface area is 211 Å². The highest BCUT2D eigenvalue weighted by molar-refractivity contribution is 6.33. The van der Waals surface area contributed by atoms with Gasteiger partial charge in [-0.3, -0.25) is 0 Å². The van der Waals surface area contributed by atoms with Gasteiger partial charge in [0.1, 0.15) is 11.7 Å². The minimum atomic E-state index is -0.647. The molecule has 1 atom stereocenters. The van der Waals surface area contributed by atoms with Gasteiger partial charge in [-0.05, 0) is 35.4 Å². The summed E-state index contributed by atoms with van der Waals surface area (Å²) in [6, 6.07) is 25.6. The number of ether oxygens (including phenoxy) is 1. The van der Waals surface area contributed by atoms with E-state index in [1.807, 2.05) is 84.9 Å². The number of halogens is 2. The number of carbonyl (C=O) groups excluding carboxylic acids is 1. The Bertz CT molecular complexity index is 1500. The number of fused-ring (bicyclic) bond motifs is 1. The molecule has 0 saturated carbocycles. The van der Waals surface area contributed by atoms with E-state index >= 15 is 0 Å². The summed E-state index contributed by atoms with van der Waals surface area (Å²) in [5.74, 6) is 0.424. The standard InChI is InChI=1S/C26H19Cl2N5O2/c1-35-26(34)29-23(17-7-3-2-4-8-17)25-31-30-22-15-20(16-11-13-18(27)14-12-16)24(32-33(22)25)19-9-5-6-10-21(19)28/h2-15,23H,1H3,(H,29,34). The maximum Gasteiger partial charge on any atom is 0.407 e. The number of aromatic nitrogens is 4. The molecular formula is C26H19Cl2N5O2. The second-order valence-corrected chi connectivity index (χ2v) is 8.54. The first-order chi connectivity index (χ1) is 17.0. The van der Waals surface area contributed by atoms with E-state index in [1.54, 1.807) is 4.52 Å². The molecule has 2 aromatic heterocycles. The molecule has 1 unspecified atom stereocenters. The van der Waals surface area contributed by atoms with Gasteiger partial charge in [-0.2, -0.15) is 9.61 Å². The van der Waals surface area contributed by atoms with Crippen molar-refractivity contribution >= 4 is 34.9 Å². The summed E-state index contributed by atoms with van der Waals surface area (Å²) < 4.78 is 6.47. The first kappa shape index (κ1) is 22.8. The lowest BCUT2D eigenvalue weighted by Gasteiger charge is -2.17. The van der Waals surface area contributed by atoms with Crippen molar-refractivity contribution in [2.45, 2.75) is 6.04 Å². The minimum Gasteiger partial charge on any atom is -0.453 e. The van der Waals surface area contributed by atoms with E-state index in [9.17, 15) is 4.79 Å². The molecule has 0 aliphatic heterocycles. The van der Waals surface area contributed by atoms with Crippen LogP contribution in [0.15, 0.2) is 84.9 Å². The Morgan fingerprint density at radius 1 is 0.914 bits per heavy atom. The normalized spacial score (nSPS) is 11.9. The summed E-state index contributed by atoms with van der Waals surface area (Å²) in [6.45, 7) is 0. The summed E-state index contributed by atoms with van der Waals surface area (Å²) in [5.41, 5.74) is 4.41. The predicted octanol–water partition coefficient (Wildman–Crippen LogP) is 6.21. The van der Waals surface area contributed by atoms with E-state index in [4.69, 9.17) is 33.0 Å². The van der Waals surface area contributed by atoms with Crippen LogP contribution in [-0.4, -0.2) is 33.0 Å². The van der Waals surface area contributed by atoms with E-state index in [2.05, 4.69) is 15.5 Å². The zero-order valence-corrected chi connectivity index (χ0v) is 20.0. The maximum absolute atomic E-state index is 12.2. The molecule has 5 aromatic rings. The lowest BCUT2D eigenvalue weighted by molar-refractivity contribution is 0.168. The van der Waals surface area contributed by atoms with Gasteiger partial charge in [-0.25, -0.2) is 4.79 Å². The van der Waals surface area contributed by atoms with E-state index in [-0.39, 0.29) is 0 Å². The zero-order chi connectivity index (χ0) is 24.4. The Morgan fingerprint density at radius 3 is 2.34 bits per heavy atom. The molecule has 0 aliphatic rings. The van der Waals surface area contributed by atoms with Crippen molar-refractivity contribution in [3.8, 4) is 22.4 Å². The Morgan fingerprint density at radius 2 is 1.63 bits per heavy atom. The van der Waals surface area contributed by atoms with Crippen LogP contribution in [-0.2, 0) is 4.74 Å². The molecule has 1 amide bonds. The number of alkyl carbamates (subject to hydrolysis) is 1. The largest absolute Gasteiger partial charge is 0.453 e. The van der Waals surface area contributed by atoms with Crippen molar-refractivity contribution < 1.29 is 9.53 Å². The average molecular weight is 504 g/mol. The topological polar surface area (TPSA) is 81.4 Å². The van der Waals surface area contributed by atoms with Crippen molar-refractivity contribution in [2.24, 2.45) is 0 Å². The molecule has 0 radical (unpaired) electrons. The third-order valence-electron chi connectivity index (χ3n) is 5.54. The lowest BCUT2D eigenvalue weighted by atomic mass is 10.00. The number of nitrogens with zero attached hydrogens (tertiary/aromatic N) is 4. The maximum atomic E-state index is 12.2. The predicted molar refractivity (Wildman–Crippen MR) is 135 cm³/mol. The van der Waals surface area contributed by atoms with Crippen LogP contribution in [0.2, 0.25) is 10.0 Å². The lowest BCUT2D eigenvalue weighted by Crippen LogP contribution is -2.30. The van der Waals surface area contributed by atoms with Gasteiger partial charge in [0.2, 0.25) is 0 Å². The van der Waals surface area contributed by atoms with Gasteiger partial charge in [0.05, 0.1) is 12.1 Å². The smallest absolute Gasteiger partial charge is 0.407 e. The highest BCUT2D eigenvalue weighted by Crippen LogP contribution is 2.36. The first-order valence-corrected chi connectivity index (χ1v) is 11.5. The molecule has 0 spiro atoms. The Kier molecular flexibility index (Phi) is 6.35. The highest BCUT2D eigenvalue weighted by Gasteiger charge is 2.25. The van der Waals surface area contributed by atoms with E-state index in [0.29, 0.717) is 27.2 Å². The van der Waals surface area contributed by atoms with Crippen LogP contribution in [0.1, 0.15) is 17.4 Å². The van der Waals surface area contributed by atoms with E-state index in [1.165, 1.54) is 7.11 Å². The molecule has 2 heterocycles. The van der Waals surface area contributed by atoms with Crippen LogP contribution in [0.25, 0.3) is 28.0 Å². The van der Waals surface area contributed by atoms with Crippen LogP contribution >= 0.6 is 23.2 Å². The number of methoxy groups -OCH3 is 1. The average Bonchev–Trinajstić information content (AvgIpc) is 3.30. The summed E-state index contributed by atoms with van der Waals surface area (Å²) in [5, 5.41) is 17.7. The fourth-order valence-electron chi connectivity index (χ4n) is 3.85. The van der Waals surface area contributed by atoms with Crippen molar-refractivity contribution in [2.75, 3.05) is 7.11 Å². The van der Waals surface area contributed by atoms with Crippen LogP contribution in [0.4, 0.5) is 4.79 Å². The molecular weight excluding hydrogens is 485 g/mol. The number of benzene rings is 3. The molecule has 7 nitrogen and oxygen atoms in total. The van der Waals surface area contributed by atoms with Gasteiger partial charge in [0.25, 0.3) is 0 Å².